The Hall–Kier alpha value is -1.42. The maximum absolute atomic E-state index is 13.9. The summed E-state index contributed by atoms with van der Waals surface area (Å²) < 4.78 is 63.3. The highest BCUT2D eigenvalue weighted by molar-refractivity contribution is 6.74. The van der Waals surface area contributed by atoms with Crippen molar-refractivity contribution >= 4 is 14.3 Å². The van der Waals surface area contributed by atoms with E-state index in [1.54, 1.807) is 6.07 Å². The lowest BCUT2D eigenvalue weighted by Crippen LogP contribution is -2.52. The molecule has 3 atom stereocenters. The number of esters is 1. The molecule has 0 aromatic heterocycles. The second-order valence-electron chi connectivity index (χ2n) is 9.63. The van der Waals surface area contributed by atoms with Crippen LogP contribution >= 0.6 is 0 Å². The van der Waals surface area contributed by atoms with Gasteiger partial charge in [0.15, 0.2) is 8.32 Å². The fourth-order valence-corrected chi connectivity index (χ4v) is 4.13. The Balaban J connectivity index is 1.99. The number of epoxide rings is 1. The normalized spacial score (nSPS) is 23.9. The minimum atomic E-state index is -5.00. The van der Waals surface area contributed by atoms with Gasteiger partial charge in [-0.2, -0.15) is 13.2 Å². The average Bonchev–Trinajstić information content (AvgIpc) is 3.29. The fraction of sp³-hybridized carbons (Fsp3) is 0.682. The number of ether oxygens (including phenoxy) is 3. The summed E-state index contributed by atoms with van der Waals surface area (Å²) in [5, 5.41) is 0.0752. The number of halogens is 3. The molecule has 176 valence electrons. The molecule has 1 aliphatic heterocycles. The van der Waals surface area contributed by atoms with E-state index in [9.17, 15) is 18.0 Å². The molecule has 2 rings (SSSR count). The molecule has 0 radical (unpaired) electrons. The van der Waals surface area contributed by atoms with Crippen LogP contribution in [0.1, 0.15) is 39.7 Å². The topological polar surface area (TPSA) is 57.3 Å². The van der Waals surface area contributed by atoms with E-state index in [4.69, 9.17) is 18.6 Å². The highest BCUT2D eigenvalue weighted by Gasteiger charge is 2.64. The number of carbonyl (C=O) groups excluding carboxylic acids is 1. The summed E-state index contributed by atoms with van der Waals surface area (Å²) in [5.74, 6) is -1.51. The first-order chi connectivity index (χ1) is 14.1. The van der Waals surface area contributed by atoms with Crippen molar-refractivity contribution in [3.8, 4) is 0 Å². The largest absolute Gasteiger partial charge is 0.460 e. The lowest BCUT2D eigenvalue weighted by molar-refractivity contribution is -0.276. The number of benzene rings is 1. The van der Waals surface area contributed by atoms with Crippen LogP contribution in [-0.4, -0.2) is 52.5 Å². The zero-order chi connectivity index (χ0) is 23.7. The van der Waals surface area contributed by atoms with E-state index < -0.39 is 37.8 Å². The van der Waals surface area contributed by atoms with Gasteiger partial charge in [-0.3, -0.25) is 0 Å². The van der Waals surface area contributed by atoms with Crippen LogP contribution in [-0.2, 0) is 29.0 Å². The summed E-state index contributed by atoms with van der Waals surface area (Å²) in [6.45, 7) is 12.8. The van der Waals surface area contributed by atoms with E-state index in [2.05, 4.69) is 33.9 Å². The molecule has 9 heteroatoms. The first-order valence-electron chi connectivity index (χ1n) is 10.3. The minimum Gasteiger partial charge on any atom is -0.460 e. The molecule has 5 nitrogen and oxygen atoms in total. The third kappa shape index (κ3) is 5.32. The quantitative estimate of drug-likeness (QED) is 0.287. The van der Waals surface area contributed by atoms with E-state index in [0.29, 0.717) is 13.0 Å². The van der Waals surface area contributed by atoms with Crippen LogP contribution in [0.3, 0.4) is 0 Å². The Morgan fingerprint density at radius 2 is 1.74 bits per heavy atom. The Kier molecular flexibility index (Phi) is 7.37. The van der Waals surface area contributed by atoms with Crippen molar-refractivity contribution in [1.82, 2.24) is 0 Å². The molecule has 0 spiro atoms. The van der Waals surface area contributed by atoms with Crippen molar-refractivity contribution in [1.29, 1.82) is 0 Å². The number of alkyl halides is 3. The number of hydrogen-bond acceptors (Lipinski definition) is 5. The lowest BCUT2D eigenvalue weighted by atomic mass is 9.92. The van der Waals surface area contributed by atoms with Gasteiger partial charge in [-0.15, -0.1) is 0 Å². The molecule has 1 aromatic carbocycles. The number of rotatable bonds is 9. The summed E-state index contributed by atoms with van der Waals surface area (Å²) in [5.41, 5.74) is -4.12. The van der Waals surface area contributed by atoms with Crippen molar-refractivity contribution in [2.45, 2.75) is 75.7 Å². The third-order valence-electron chi connectivity index (χ3n) is 6.44. The molecule has 1 fully saturated rings. The van der Waals surface area contributed by atoms with Crippen molar-refractivity contribution < 1.29 is 36.6 Å². The fourth-order valence-electron chi connectivity index (χ4n) is 3.09. The maximum atomic E-state index is 13.9. The van der Waals surface area contributed by atoms with Gasteiger partial charge in [-0.25, -0.2) is 4.79 Å². The molecule has 31 heavy (non-hydrogen) atoms. The second-order valence-corrected chi connectivity index (χ2v) is 14.4. The Bertz CT molecular complexity index is 763. The van der Waals surface area contributed by atoms with Gasteiger partial charge < -0.3 is 18.6 Å². The lowest BCUT2D eigenvalue weighted by Gasteiger charge is -2.36. The van der Waals surface area contributed by atoms with Crippen LogP contribution in [0.2, 0.25) is 18.1 Å². The molecule has 0 bridgehead atoms. The molecule has 1 aromatic rings. The van der Waals surface area contributed by atoms with Gasteiger partial charge >= 0.3 is 12.1 Å². The molecule has 0 aliphatic carbocycles. The molecule has 2 unspecified atom stereocenters. The summed E-state index contributed by atoms with van der Waals surface area (Å²) in [6, 6.07) is 6.75. The monoisotopic (exact) mass is 462 g/mol. The third-order valence-corrected chi connectivity index (χ3v) is 11.0. The summed E-state index contributed by atoms with van der Waals surface area (Å²) in [4.78, 5) is 12.6. The van der Waals surface area contributed by atoms with Gasteiger partial charge in [0.2, 0.25) is 0 Å². The van der Waals surface area contributed by atoms with Crippen molar-refractivity contribution in [2.24, 2.45) is 0 Å². The zero-order valence-corrected chi connectivity index (χ0v) is 20.3. The molecule has 1 heterocycles. The van der Waals surface area contributed by atoms with Gasteiger partial charge in [0.1, 0.15) is 12.7 Å². The summed E-state index contributed by atoms with van der Waals surface area (Å²) in [7, 11) is -1.06. The van der Waals surface area contributed by atoms with Gasteiger partial charge in [0.05, 0.1) is 5.60 Å². The predicted molar refractivity (Wildman–Crippen MR) is 113 cm³/mol. The molecule has 0 amide bonds. The molecular formula is C22H33F3O5Si. The zero-order valence-electron chi connectivity index (χ0n) is 19.3. The van der Waals surface area contributed by atoms with Gasteiger partial charge in [0, 0.05) is 25.7 Å². The second kappa shape index (κ2) is 8.84. The minimum absolute atomic E-state index is 0.0752. The van der Waals surface area contributed by atoms with Gasteiger partial charge in [-0.1, -0.05) is 51.1 Å². The first-order valence-corrected chi connectivity index (χ1v) is 13.2. The molecular weight excluding hydrogens is 429 g/mol. The van der Waals surface area contributed by atoms with Crippen molar-refractivity contribution in [3.63, 3.8) is 0 Å². The highest BCUT2D eigenvalue weighted by Crippen LogP contribution is 2.45. The van der Waals surface area contributed by atoms with Crippen LogP contribution in [0.15, 0.2) is 30.3 Å². The van der Waals surface area contributed by atoms with E-state index in [-0.39, 0.29) is 17.2 Å². The van der Waals surface area contributed by atoms with E-state index in [0.717, 1.165) is 7.11 Å². The number of methoxy groups -OCH3 is 1. The molecule has 1 aliphatic rings. The van der Waals surface area contributed by atoms with Crippen LogP contribution < -0.4 is 0 Å². The maximum Gasteiger partial charge on any atom is 0.432 e. The van der Waals surface area contributed by atoms with E-state index in [1.165, 1.54) is 24.3 Å². The predicted octanol–water partition coefficient (Wildman–Crippen LogP) is 5.20. The van der Waals surface area contributed by atoms with Gasteiger partial charge in [0.25, 0.3) is 5.60 Å². The summed E-state index contributed by atoms with van der Waals surface area (Å²) in [6.07, 6.45) is -4.92. The Labute approximate surface area is 183 Å². The van der Waals surface area contributed by atoms with Gasteiger partial charge in [-0.05, 0) is 25.1 Å². The highest BCUT2D eigenvalue weighted by atomic mass is 28.4. The van der Waals surface area contributed by atoms with E-state index >= 15 is 0 Å². The number of hydrogen-bond donors (Lipinski definition) is 0. The van der Waals surface area contributed by atoms with Crippen molar-refractivity contribution in [3.05, 3.63) is 35.9 Å². The van der Waals surface area contributed by atoms with Crippen LogP contribution in [0.25, 0.3) is 0 Å². The van der Waals surface area contributed by atoms with Crippen LogP contribution in [0.4, 0.5) is 13.2 Å². The molecule has 1 saturated heterocycles. The SMILES string of the molecule is COC(C(=O)OC[C@H]1OC1(C)CCO[Si](C)(C)C(C)(C)C)(c1ccccc1)C(F)(F)F. The number of carbonyl (C=O) groups is 1. The summed E-state index contributed by atoms with van der Waals surface area (Å²) >= 11 is 0. The van der Waals surface area contributed by atoms with Crippen LogP contribution in [0, 0.1) is 0 Å². The Morgan fingerprint density at radius 1 is 1.16 bits per heavy atom. The first kappa shape index (κ1) is 25.8. The standard InChI is InChI=1S/C22H33F3O5Si/c1-19(2,3)31(6,7)29-14-13-20(4)17(30-20)15-28-18(26)21(27-5,22(23,24)25)16-11-9-8-10-12-16/h8-12,17H,13-15H2,1-7H3/t17-,20?,21?/m1/s1. The average molecular weight is 463 g/mol. The molecule has 0 saturated carbocycles. The molecule has 0 N–H and O–H groups in total. The van der Waals surface area contributed by atoms with E-state index in [1.807, 2.05) is 6.92 Å². The van der Waals surface area contributed by atoms with Crippen molar-refractivity contribution in [2.75, 3.05) is 20.3 Å². The van der Waals surface area contributed by atoms with Crippen LogP contribution in [0.5, 0.6) is 0 Å². The smallest absolute Gasteiger partial charge is 0.432 e. The Morgan fingerprint density at radius 3 is 2.23 bits per heavy atom.